The minimum atomic E-state index is -1.11. The molecule has 2 aliphatic rings. The van der Waals surface area contributed by atoms with Crippen LogP contribution in [0, 0.1) is 0 Å². The smallest absolute Gasteiger partial charge is 0.274 e. The van der Waals surface area contributed by atoms with E-state index in [4.69, 9.17) is 0 Å². The monoisotopic (exact) mass is 125 g/mol. The van der Waals surface area contributed by atoms with Gasteiger partial charge in [-0.3, -0.25) is 0 Å². The van der Waals surface area contributed by atoms with Gasteiger partial charge in [0, 0.05) is 6.08 Å². The van der Waals surface area contributed by atoms with Crippen molar-refractivity contribution in [3.8, 4) is 0 Å². The predicted molar refractivity (Wildman–Crippen MR) is 32.0 cm³/mol. The van der Waals surface area contributed by atoms with Crippen LogP contribution in [0.15, 0.2) is 24.4 Å². The molecule has 2 heterocycles. The molecule has 0 spiro atoms. The van der Waals surface area contributed by atoms with Crippen molar-refractivity contribution in [1.29, 1.82) is 0 Å². The van der Waals surface area contributed by atoms with E-state index in [-0.39, 0.29) is 0 Å². The molecule has 0 saturated heterocycles. The molecule has 0 aromatic rings. The van der Waals surface area contributed by atoms with Crippen LogP contribution in [-0.4, -0.2) is 10.1 Å². The molecule has 1 unspecified atom stereocenters. The summed E-state index contributed by atoms with van der Waals surface area (Å²) in [6.45, 7) is 0. The van der Waals surface area contributed by atoms with Crippen LogP contribution in [0.25, 0.3) is 0 Å². The first-order chi connectivity index (χ1) is 3.89. The van der Waals surface area contributed by atoms with E-state index in [9.17, 15) is 4.89 Å². The molecule has 3 heteroatoms. The molecule has 0 N–H and O–H groups in total. The van der Waals surface area contributed by atoms with Gasteiger partial charge in [0.25, 0.3) is 5.42 Å². The van der Waals surface area contributed by atoms with Gasteiger partial charge < -0.3 is 4.89 Å². The molecule has 1 atom stereocenters. The normalized spacial score (nSPS) is 26.4. The summed E-state index contributed by atoms with van der Waals surface area (Å²) in [4.78, 5) is 10.7. The van der Waals surface area contributed by atoms with Crippen LogP contribution in [0.5, 0.6) is 0 Å². The first-order valence-corrected chi connectivity index (χ1v) is 3.59. The summed E-state index contributed by atoms with van der Waals surface area (Å²) in [7, 11) is -1.11. The van der Waals surface area contributed by atoms with Crippen LogP contribution in [-0.2, 0) is 0 Å². The van der Waals surface area contributed by atoms with Gasteiger partial charge in [0.1, 0.15) is 0 Å². The van der Waals surface area contributed by atoms with Gasteiger partial charge in [-0.25, -0.2) is 0 Å². The van der Waals surface area contributed by atoms with E-state index in [1.54, 1.807) is 4.67 Å². The Hall–Kier alpha value is -0.590. The van der Waals surface area contributed by atoms with Gasteiger partial charge in [-0.05, 0) is 6.08 Å². The summed E-state index contributed by atoms with van der Waals surface area (Å²) in [5, 5.41) is 0. The summed E-state index contributed by atoms with van der Waals surface area (Å²) in [5.74, 6) is 0. The summed E-state index contributed by atoms with van der Waals surface area (Å²) >= 11 is 0. The van der Waals surface area contributed by atoms with E-state index in [1.165, 1.54) is 0 Å². The Kier molecular flexibility index (Phi) is 0.655. The van der Waals surface area contributed by atoms with E-state index in [0.29, 0.717) is 0 Å². The molecule has 40 valence electrons. The van der Waals surface area contributed by atoms with E-state index >= 15 is 0 Å². The molecular formula is C5H4NOP. The summed E-state index contributed by atoms with van der Waals surface area (Å²) in [5.41, 5.74) is 0.961. The van der Waals surface area contributed by atoms with Crippen molar-refractivity contribution in [3.63, 3.8) is 0 Å². The van der Waals surface area contributed by atoms with E-state index in [2.05, 4.69) is 0 Å². The SMILES string of the molecule is [O-][P+]1=C2C=CC=CN21. The molecule has 0 aromatic heterocycles. The third kappa shape index (κ3) is 0.391. The Balaban J connectivity index is 2.37. The highest BCUT2D eigenvalue weighted by molar-refractivity contribution is 7.60. The maximum Gasteiger partial charge on any atom is 0.274 e. The van der Waals surface area contributed by atoms with Crippen molar-refractivity contribution in [3.05, 3.63) is 24.4 Å². The van der Waals surface area contributed by atoms with Gasteiger partial charge in [0.2, 0.25) is 7.92 Å². The Morgan fingerprint density at radius 2 is 2.38 bits per heavy atom. The second kappa shape index (κ2) is 1.22. The van der Waals surface area contributed by atoms with Crippen molar-refractivity contribution < 1.29 is 4.89 Å². The lowest BCUT2D eigenvalue weighted by atomic mass is 10.4. The number of fused-ring (bicyclic) bond motifs is 1. The number of rotatable bonds is 0. The van der Waals surface area contributed by atoms with Crippen LogP contribution in [0.3, 0.4) is 0 Å². The molecule has 0 fully saturated rings. The fraction of sp³-hybridized carbons (Fsp3) is 0. The molecule has 2 rings (SSSR count). The molecule has 0 saturated carbocycles. The van der Waals surface area contributed by atoms with Crippen molar-refractivity contribution >= 4 is 13.3 Å². The average Bonchev–Trinajstić information content (AvgIpc) is 2.46. The van der Waals surface area contributed by atoms with Crippen LogP contribution >= 0.6 is 7.92 Å². The predicted octanol–water partition coefficient (Wildman–Crippen LogP) is 0.188. The minimum absolute atomic E-state index is 0.961. The first-order valence-electron chi connectivity index (χ1n) is 2.38. The molecule has 0 aliphatic carbocycles. The molecule has 0 amide bonds. The third-order valence-electron chi connectivity index (χ3n) is 1.17. The standard InChI is InChI=1S/C5H4NOP/c7-8-5-3-1-2-4-6(5)8/h1-4H. The molecule has 8 heavy (non-hydrogen) atoms. The summed E-state index contributed by atoms with van der Waals surface area (Å²) < 4.78 is 1.76. The zero-order valence-electron chi connectivity index (χ0n) is 4.11. The molecular weight excluding hydrogens is 121 g/mol. The van der Waals surface area contributed by atoms with Gasteiger partial charge >= 0.3 is 0 Å². The Labute approximate surface area is 48.3 Å². The summed E-state index contributed by atoms with van der Waals surface area (Å²) in [6.07, 6.45) is 7.47. The first kappa shape index (κ1) is 4.30. The van der Waals surface area contributed by atoms with Crippen molar-refractivity contribution in [1.82, 2.24) is 4.67 Å². The van der Waals surface area contributed by atoms with Crippen LogP contribution in [0.1, 0.15) is 0 Å². The second-order valence-corrected chi connectivity index (χ2v) is 3.11. The molecule has 0 aromatic carbocycles. The number of hydrogen-bond acceptors (Lipinski definition) is 2. The lowest BCUT2D eigenvalue weighted by molar-refractivity contribution is -0.154. The molecule has 0 radical (unpaired) electrons. The van der Waals surface area contributed by atoms with Gasteiger partial charge in [-0.1, -0.05) is 6.08 Å². The van der Waals surface area contributed by atoms with E-state index in [1.807, 2.05) is 24.4 Å². The van der Waals surface area contributed by atoms with Gasteiger partial charge in [-0.2, -0.15) is 0 Å². The number of nitrogens with zero attached hydrogens (tertiary/aromatic N) is 1. The lowest BCUT2D eigenvalue weighted by Crippen LogP contribution is -1.96. The zero-order chi connectivity index (χ0) is 5.56. The van der Waals surface area contributed by atoms with Gasteiger partial charge in [0.05, 0.1) is 6.20 Å². The van der Waals surface area contributed by atoms with Crippen LogP contribution in [0.2, 0.25) is 0 Å². The quantitative estimate of drug-likeness (QED) is 0.432. The van der Waals surface area contributed by atoms with Gasteiger partial charge in [0.15, 0.2) is 0 Å². The van der Waals surface area contributed by atoms with Crippen molar-refractivity contribution in [2.45, 2.75) is 0 Å². The van der Waals surface area contributed by atoms with Crippen LogP contribution < -0.4 is 4.89 Å². The highest BCUT2D eigenvalue weighted by Crippen LogP contribution is 2.41. The zero-order valence-corrected chi connectivity index (χ0v) is 5.01. The van der Waals surface area contributed by atoms with Crippen molar-refractivity contribution in [2.24, 2.45) is 0 Å². The fourth-order valence-electron chi connectivity index (χ4n) is 0.703. The number of allylic oxidation sites excluding steroid dienone is 2. The second-order valence-electron chi connectivity index (χ2n) is 1.68. The molecule has 0 bridgehead atoms. The largest absolute Gasteiger partial charge is 0.607 e. The van der Waals surface area contributed by atoms with Crippen LogP contribution in [0.4, 0.5) is 0 Å². The average molecular weight is 125 g/mol. The van der Waals surface area contributed by atoms with E-state index < -0.39 is 7.92 Å². The van der Waals surface area contributed by atoms with Crippen molar-refractivity contribution in [2.75, 3.05) is 0 Å². The topological polar surface area (TPSA) is 26.1 Å². The number of hydrogen-bond donors (Lipinski definition) is 0. The Morgan fingerprint density at radius 1 is 1.50 bits per heavy atom. The summed E-state index contributed by atoms with van der Waals surface area (Å²) in [6, 6.07) is 0. The minimum Gasteiger partial charge on any atom is -0.607 e. The third-order valence-corrected chi connectivity index (χ3v) is 2.48. The Bertz CT molecular complexity index is 216. The van der Waals surface area contributed by atoms with E-state index in [0.717, 1.165) is 5.42 Å². The lowest BCUT2D eigenvalue weighted by Gasteiger charge is -1.86. The highest BCUT2D eigenvalue weighted by atomic mass is 31.1. The maximum absolute atomic E-state index is 10.7. The Morgan fingerprint density at radius 3 is 2.88 bits per heavy atom. The molecule has 2 nitrogen and oxygen atoms in total. The maximum atomic E-state index is 10.7. The molecule has 2 aliphatic heterocycles. The van der Waals surface area contributed by atoms with Gasteiger partial charge in [-0.15, -0.1) is 4.67 Å². The fourth-order valence-corrected chi connectivity index (χ4v) is 1.66. The highest BCUT2D eigenvalue weighted by Gasteiger charge is 2.38.